The molecule has 49 heavy (non-hydrogen) atoms. The highest BCUT2D eigenvalue weighted by Gasteiger charge is 2.32. The van der Waals surface area contributed by atoms with Gasteiger partial charge in [0, 0.05) is 23.4 Å². The number of benzene rings is 1. The predicted molar refractivity (Wildman–Crippen MR) is 189 cm³/mol. The molecule has 0 bridgehead atoms. The maximum absolute atomic E-state index is 13.6. The highest BCUT2D eigenvalue weighted by Crippen LogP contribution is 2.36. The van der Waals surface area contributed by atoms with Gasteiger partial charge in [0.2, 0.25) is 0 Å². The Kier molecular flexibility index (Phi) is 15.0. The quantitative estimate of drug-likeness (QED) is 0.178. The predicted octanol–water partition coefficient (Wildman–Crippen LogP) is 6.77. The molecular formula is C36H47Cl2N3O7S. The van der Waals surface area contributed by atoms with Gasteiger partial charge in [0.25, 0.3) is 0 Å². The van der Waals surface area contributed by atoms with E-state index in [0.717, 1.165) is 56.5 Å². The average molecular weight is 737 g/mol. The fourth-order valence-corrected chi connectivity index (χ4v) is 7.92. The lowest BCUT2D eigenvalue weighted by molar-refractivity contribution is -0.377. The van der Waals surface area contributed by atoms with Crippen molar-refractivity contribution in [3.63, 3.8) is 0 Å². The first kappa shape index (κ1) is 38.9. The van der Waals surface area contributed by atoms with Crippen molar-refractivity contribution in [1.82, 2.24) is 10.2 Å². The van der Waals surface area contributed by atoms with Crippen LogP contribution in [-0.4, -0.2) is 69.3 Å². The van der Waals surface area contributed by atoms with Gasteiger partial charge in [-0.1, -0.05) is 48.5 Å². The number of hydrogen-bond acceptors (Lipinski definition) is 10. The summed E-state index contributed by atoms with van der Waals surface area (Å²) in [6.45, 7) is 3.01. The highest BCUT2D eigenvalue weighted by atomic mass is 35.5. The van der Waals surface area contributed by atoms with E-state index in [1.165, 1.54) is 17.8 Å². The molecule has 5 rings (SSSR count). The molecule has 13 heteroatoms. The molecule has 3 N–H and O–H groups in total. The van der Waals surface area contributed by atoms with E-state index < -0.39 is 12.1 Å². The summed E-state index contributed by atoms with van der Waals surface area (Å²) in [7, 11) is 5.25. The number of pyridine rings is 1. The first-order chi connectivity index (χ1) is 23.2. The van der Waals surface area contributed by atoms with Crippen molar-refractivity contribution in [3.05, 3.63) is 73.7 Å². The van der Waals surface area contributed by atoms with Crippen molar-refractivity contribution in [2.75, 3.05) is 41.0 Å². The van der Waals surface area contributed by atoms with Crippen LogP contribution in [0.3, 0.4) is 0 Å². The van der Waals surface area contributed by atoms with Crippen molar-refractivity contribution in [2.24, 2.45) is 11.8 Å². The number of aromatic nitrogens is 1. The van der Waals surface area contributed by atoms with Gasteiger partial charge in [0.15, 0.2) is 23.9 Å². The number of carbonyl (C=O) groups excluding carboxylic acids is 2. The van der Waals surface area contributed by atoms with E-state index in [0.29, 0.717) is 56.6 Å². The van der Waals surface area contributed by atoms with Crippen molar-refractivity contribution >= 4 is 46.5 Å². The molecule has 1 unspecified atom stereocenters. The van der Waals surface area contributed by atoms with E-state index in [-0.39, 0.29) is 29.8 Å². The fourth-order valence-electron chi connectivity index (χ4n) is 6.55. The number of likely N-dealkylation sites (tertiary alicyclic amines) is 1. The number of esters is 2. The topological polar surface area (TPSA) is 130 Å². The zero-order valence-electron chi connectivity index (χ0n) is 28.3. The number of hydrogen-bond donors (Lipinski definition) is 1. The Hall–Kier alpha value is -2.93. The molecule has 0 spiro atoms. The van der Waals surface area contributed by atoms with Crippen molar-refractivity contribution in [3.8, 4) is 11.5 Å². The van der Waals surface area contributed by atoms with Crippen LogP contribution in [0.15, 0.2) is 42.7 Å². The van der Waals surface area contributed by atoms with Crippen molar-refractivity contribution in [2.45, 2.75) is 70.1 Å². The van der Waals surface area contributed by atoms with Gasteiger partial charge in [-0.25, -0.2) is 9.78 Å². The van der Waals surface area contributed by atoms with E-state index in [9.17, 15) is 9.59 Å². The van der Waals surface area contributed by atoms with E-state index in [2.05, 4.69) is 22.2 Å². The molecule has 1 saturated carbocycles. The number of ether oxygens (including phenoxy) is 4. The molecule has 3 heterocycles. The minimum atomic E-state index is -0.714. The second kappa shape index (κ2) is 18.9. The van der Waals surface area contributed by atoms with Crippen molar-refractivity contribution in [1.29, 1.82) is 0 Å². The Morgan fingerprint density at radius 3 is 2.35 bits per heavy atom. The lowest BCUT2D eigenvalue weighted by Gasteiger charge is -2.31. The second-order valence-electron chi connectivity index (χ2n) is 12.7. The van der Waals surface area contributed by atoms with Crippen LogP contribution in [0.4, 0.5) is 0 Å². The summed E-state index contributed by atoms with van der Waals surface area (Å²) in [6.07, 6.45) is 10.4. The van der Waals surface area contributed by atoms with Gasteiger partial charge in [-0.15, -0.1) is 11.3 Å². The van der Waals surface area contributed by atoms with Crippen LogP contribution in [0.5, 0.6) is 11.5 Å². The summed E-state index contributed by atoms with van der Waals surface area (Å²) in [5.41, 5.74) is 1.35. The van der Waals surface area contributed by atoms with Crippen molar-refractivity contribution < 1.29 is 39.0 Å². The van der Waals surface area contributed by atoms with E-state index >= 15 is 0 Å². The first-order valence-corrected chi connectivity index (χ1v) is 18.3. The average Bonchev–Trinajstić information content (AvgIpc) is 3.58. The molecule has 2 aliphatic rings. The Balaban J connectivity index is 0.00000541. The number of carbonyl (C=O) groups is 2. The Labute approximate surface area is 302 Å². The smallest absolute Gasteiger partial charge is 0.348 e. The third-order valence-electron chi connectivity index (χ3n) is 9.45. The van der Waals surface area contributed by atoms with Crippen LogP contribution in [0.1, 0.15) is 76.7 Å². The Morgan fingerprint density at radius 1 is 0.980 bits per heavy atom. The molecule has 268 valence electrons. The maximum atomic E-state index is 13.6. The molecule has 1 aliphatic carbocycles. The number of H-pyrrole nitrogens is 1. The minimum Gasteiger partial charge on any atom is -0.870 e. The number of rotatable bonds is 14. The molecule has 2 atom stereocenters. The summed E-state index contributed by atoms with van der Waals surface area (Å²) in [5.74, 6) is 1.09. The molecular weight excluding hydrogens is 689 g/mol. The summed E-state index contributed by atoms with van der Waals surface area (Å²) in [6, 6.07) is 8.68. The van der Waals surface area contributed by atoms with Crippen LogP contribution < -0.4 is 19.8 Å². The third-order valence-corrected chi connectivity index (χ3v) is 11.2. The van der Waals surface area contributed by atoms with Crippen LogP contribution in [-0.2, 0) is 27.2 Å². The highest BCUT2D eigenvalue weighted by molar-refractivity contribution is 7.13. The summed E-state index contributed by atoms with van der Waals surface area (Å²) < 4.78 is 23.0. The van der Waals surface area contributed by atoms with Crippen LogP contribution in [0.25, 0.3) is 0 Å². The number of nitrogens with one attached hydrogen (secondary N) is 2. The normalized spacial score (nSPS) is 17.1. The van der Waals surface area contributed by atoms with Gasteiger partial charge < -0.3 is 29.3 Å². The standard InChI is InChI=1S/C36H45Cl2N3O6S.H2O/c1-41-15-13-23(14-16-41)22-46-36(43)34(24-7-5-4-6-8-24)40-19-26-10-12-33(48-26)35(42)47-31(18-27-28(37)20-39-21-29(27)38)25-9-11-30(44-2)32(17-25)45-3;/h9-12,17,20-21,23-24,31,34,40H,4-8,13-16,18-19,22H2,1-3H3;1H2/t31-,34?;/m0./s1. The van der Waals surface area contributed by atoms with Gasteiger partial charge in [-0.3, -0.25) is 10.1 Å². The molecule has 1 saturated heterocycles. The van der Waals surface area contributed by atoms with Crippen LogP contribution in [0.2, 0.25) is 10.0 Å². The minimum absolute atomic E-state index is 0. The van der Waals surface area contributed by atoms with E-state index in [1.807, 2.05) is 12.1 Å². The molecule has 1 aliphatic heterocycles. The van der Waals surface area contributed by atoms with Crippen LogP contribution in [0, 0.1) is 11.8 Å². The lowest BCUT2D eigenvalue weighted by atomic mass is 9.84. The first-order valence-electron chi connectivity index (χ1n) is 16.7. The second-order valence-corrected chi connectivity index (χ2v) is 14.7. The van der Waals surface area contributed by atoms with Gasteiger partial charge >= 0.3 is 11.9 Å². The Bertz CT molecular complexity index is 1510. The molecule has 3 aromatic rings. The summed E-state index contributed by atoms with van der Waals surface area (Å²) in [4.78, 5) is 33.6. The van der Waals surface area contributed by atoms with Gasteiger partial charge in [-0.05, 0) is 87.5 Å². The molecule has 2 fully saturated rings. The summed E-state index contributed by atoms with van der Waals surface area (Å²) >= 11 is 14.3. The van der Waals surface area contributed by atoms with E-state index in [4.69, 9.17) is 42.1 Å². The van der Waals surface area contributed by atoms with Gasteiger partial charge in [-0.2, -0.15) is 0 Å². The SMILES string of the molecule is COc1ccc([C@H](Cc2c(Cl)c[nH+]cc2Cl)OC(=O)c2ccc(CNC(C(=O)OCC3CCN(C)CC3)C3CCCCC3)s2)cc1OC.[OH-]. The van der Waals surface area contributed by atoms with Gasteiger partial charge in [0.05, 0.1) is 20.8 Å². The monoisotopic (exact) mass is 735 g/mol. The number of piperidine rings is 1. The fraction of sp³-hybridized carbons (Fsp3) is 0.528. The zero-order valence-corrected chi connectivity index (χ0v) is 30.7. The number of thiophene rings is 1. The van der Waals surface area contributed by atoms with Gasteiger partial charge in [0.1, 0.15) is 27.1 Å². The molecule has 1 aromatic carbocycles. The van der Waals surface area contributed by atoms with E-state index in [1.54, 1.807) is 44.8 Å². The molecule has 0 radical (unpaired) electrons. The number of nitrogens with zero attached hydrogens (tertiary/aromatic N) is 1. The molecule has 0 amide bonds. The summed E-state index contributed by atoms with van der Waals surface area (Å²) in [5, 5.41) is 4.38. The Morgan fingerprint density at radius 2 is 1.67 bits per heavy atom. The third kappa shape index (κ3) is 10.5. The maximum Gasteiger partial charge on any atom is 0.348 e. The largest absolute Gasteiger partial charge is 0.870 e. The number of halogens is 2. The molecule has 10 nitrogen and oxygen atoms in total. The molecule has 2 aromatic heterocycles. The number of aromatic amines is 1. The number of methoxy groups -OCH3 is 2. The van der Waals surface area contributed by atoms with Crippen LogP contribution >= 0.6 is 34.5 Å². The lowest BCUT2D eigenvalue weighted by Crippen LogP contribution is -2.45. The zero-order chi connectivity index (χ0) is 34.0.